The Hall–Kier alpha value is -1.32. The molecular formula is C9H12N2O2. The summed E-state index contributed by atoms with van der Waals surface area (Å²) in [6.07, 6.45) is 3.70. The second kappa shape index (κ2) is 3.20. The monoisotopic (exact) mass is 180 g/mol. The molecule has 70 valence electrons. The topological polar surface area (TPSA) is 55.1 Å². The van der Waals surface area contributed by atoms with Crippen molar-refractivity contribution in [3.8, 4) is 0 Å². The van der Waals surface area contributed by atoms with Crippen LogP contribution >= 0.6 is 0 Å². The lowest BCUT2D eigenvalue weighted by atomic mass is 10.4. The lowest BCUT2D eigenvalue weighted by Gasteiger charge is -1.99. The number of aromatic nitrogens is 1. The number of amides is 1. The molecule has 1 N–H and O–H groups in total. The Bertz CT molecular complexity index is 315. The molecule has 0 aliphatic heterocycles. The quantitative estimate of drug-likeness (QED) is 0.755. The Morgan fingerprint density at radius 3 is 3.08 bits per heavy atom. The minimum atomic E-state index is 0.121. The van der Waals surface area contributed by atoms with E-state index in [4.69, 9.17) is 4.42 Å². The van der Waals surface area contributed by atoms with Crippen molar-refractivity contribution >= 4 is 5.91 Å². The van der Waals surface area contributed by atoms with E-state index >= 15 is 0 Å². The van der Waals surface area contributed by atoms with Crippen LogP contribution in [0.3, 0.4) is 0 Å². The van der Waals surface area contributed by atoms with Crippen molar-refractivity contribution in [1.82, 2.24) is 10.3 Å². The Labute approximate surface area is 76.3 Å². The van der Waals surface area contributed by atoms with E-state index in [0.717, 1.165) is 18.6 Å². The molecule has 1 amide bonds. The highest BCUT2D eigenvalue weighted by Crippen LogP contribution is 2.28. The number of nitrogens with one attached hydrogen (secondary N) is 1. The normalized spacial score (nSPS) is 15.8. The molecule has 1 aliphatic carbocycles. The van der Waals surface area contributed by atoms with Crippen molar-refractivity contribution in [2.75, 3.05) is 0 Å². The van der Waals surface area contributed by atoms with Gasteiger partial charge in [0.2, 0.25) is 11.8 Å². The van der Waals surface area contributed by atoms with E-state index in [-0.39, 0.29) is 11.8 Å². The van der Waals surface area contributed by atoms with Gasteiger partial charge in [-0.05, 0) is 19.8 Å². The predicted molar refractivity (Wildman–Crippen MR) is 45.8 cm³/mol. The number of oxazole rings is 1. The zero-order chi connectivity index (χ0) is 9.26. The minimum absolute atomic E-state index is 0.121. The van der Waals surface area contributed by atoms with E-state index in [1.54, 1.807) is 6.20 Å². The molecule has 1 aliphatic rings. The van der Waals surface area contributed by atoms with Crippen LogP contribution in [0.25, 0.3) is 0 Å². The van der Waals surface area contributed by atoms with E-state index in [1.807, 2.05) is 6.92 Å². The maximum Gasteiger partial charge on any atom is 0.223 e. The summed E-state index contributed by atoms with van der Waals surface area (Å²) in [5.74, 6) is 1.72. The number of hydrogen-bond donors (Lipinski definition) is 1. The smallest absolute Gasteiger partial charge is 0.223 e. The van der Waals surface area contributed by atoms with Gasteiger partial charge in [0.25, 0.3) is 0 Å². The van der Waals surface area contributed by atoms with Gasteiger partial charge >= 0.3 is 0 Å². The Morgan fingerprint density at radius 1 is 1.77 bits per heavy atom. The van der Waals surface area contributed by atoms with Crippen molar-refractivity contribution in [3.05, 3.63) is 17.8 Å². The highest BCUT2D eigenvalue weighted by Gasteiger charge is 2.29. The highest BCUT2D eigenvalue weighted by molar-refractivity contribution is 5.80. The first-order valence-corrected chi connectivity index (χ1v) is 4.45. The molecule has 0 radical (unpaired) electrons. The first-order chi connectivity index (χ1) is 6.25. The van der Waals surface area contributed by atoms with Crippen molar-refractivity contribution in [2.24, 2.45) is 5.92 Å². The SMILES string of the molecule is Cc1cnc(CNC(=O)C2CC2)o1. The maximum atomic E-state index is 11.2. The van der Waals surface area contributed by atoms with Gasteiger partial charge in [-0.25, -0.2) is 4.98 Å². The van der Waals surface area contributed by atoms with Crippen LogP contribution in [0.15, 0.2) is 10.6 Å². The summed E-state index contributed by atoms with van der Waals surface area (Å²) in [7, 11) is 0. The molecule has 1 aromatic rings. The Balaban J connectivity index is 1.81. The zero-order valence-electron chi connectivity index (χ0n) is 7.54. The zero-order valence-corrected chi connectivity index (χ0v) is 7.54. The van der Waals surface area contributed by atoms with Gasteiger partial charge in [-0.3, -0.25) is 4.79 Å². The Morgan fingerprint density at radius 2 is 2.54 bits per heavy atom. The van der Waals surface area contributed by atoms with E-state index in [1.165, 1.54) is 0 Å². The molecule has 2 rings (SSSR count). The molecule has 1 aromatic heterocycles. The minimum Gasteiger partial charge on any atom is -0.444 e. The lowest BCUT2D eigenvalue weighted by Crippen LogP contribution is -2.24. The fourth-order valence-electron chi connectivity index (χ4n) is 1.14. The van der Waals surface area contributed by atoms with Crippen molar-refractivity contribution in [1.29, 1.82) is 0 Å². The summed E-state index contributed by atoms with van der Waals surface area (Å²) >= 11 is 0. The van der Waals surface area contributed by atoms with Gasteiger partial charge in [0.1, 0.15) is 5.76 Å². The fourth-order valence-corrected chi connectivity index (χ4v) is 1.14. The van der Waals surface area contributed by atoms with Crippen LogP contribution < -0.4 is 5.32 Å². The third-order valence-electron chi connectivity index (χ3n) is 2.03. The molecule has 4 heteroatoms. The molecule has 1 fully saturated rings. The van der Waals surface area contributed by atoms with Crippen LogP contribution in [0.4, 0.5) is 0 Å². The van der Waals surface area contributed by atoms with Crippen LogP contribution in [0.5, 0.6) is 0 Å². The second-order valence-electron chi connectivity index (χ2n) is 3.36. The van der Waals surface area contributed by atoms with Crippen molar-refractivity contribution < 1.29 is 9.21 Å². The van der Waals surface area contributed by atoms with Gasteiger partial charge in [0, 0.05) is 5.92 Å². The van der Waals surface area contributed by atoms with Gasteiger partial charge in [-0.1, -0.05) is 0 Å². The van der Waals surface area contributed by atoms with E-state index in [0.29, 0.717) is 12.4 Å². The first kappa shape index (κ1) is 8.29. The fraction of sp³-hybridized carbons (Fsp3) is 0.556. The van der Waals surface area contributed by atoms with Gasteiger partial charge in [-0.15, -0.1) is 0 Å². The van der Waals surface area contributed by atoms with E-state index < -0.39 is 0 Å². The molecule has 0 spiro atoms. The summed E-state index contributed by atoms with van der Waals surface area (Å²) in [5.41, 5.74) is 0. The van der Waals surface area contributed by atoms with Gasteiger partial charge in [-0.2, -0.15) is 0 Å². The number of rotatable bonds is 3. The second-order valence-corrected chi connectivity index (χ2v) is 3.36. The molecule has 4 nitrogen and oxygen atoms in total. The Kier molecular flexibility index (Phi) is 2.04. The average Bonchev–Trinajstić information content (AvgIpc) is 2.87. The largest absolute Gasteiger partial charge is 0.444 e. The third kappa shape index (κ3) is 2.08. The highest BCUT2D eigenvalue weighted by atomic mass is 16.4. The number of carbonyl (C=O) groups excluding carboxylic acids is 1. The molecule has 1 saturated carbocycles. The molecular weight excluding hydrogens is 168 g/mol. The molecule has 0 atom stereocenters. The molecule has 13 heavy (non-hydrogen) atoms. The summed E-state index contributed by atoms with van der Waals surface area (Å²) in [4.78, 5) is 15.2. The van der Waals surface area contributed by atoms with Crippen LogP contribution in [0.1, 0.15) is 24.5 Å². The molecule has 0 bridgehead atoms. The van der Waals surface area contributed by atoms with Crippen molar-refractivity contribution in [3.63, 3.8) is 0 Å². The maximum absolute atomic E-state index is 11.2. The summed E-state index contributed by atoms with van der Waals surface area (Å²) < 4.78 is 5.21. The molecule has 0 unspecified atom stereocenters. The van der Waals surface area contributed by atoms with Crippen LogP contribution in [-0.4, -0.2) is 10.9 Å². The average molecular weight is 180 g/mol. The number of hydrogen-bond acceptors (Lipinski definition) is 3. The summed E-state index contributed by atoms with van der Waals surface area (Å²) in [5, 5.41) is 2.78. The lowest BCUT2D eigenvalue weighted by molar-refractivity contribution is -0.122. The number of nitrogens with zero attached hydrogens (tertiary/aromatic N) is 1. The van der Waals surface area contributed by atoms with E-state index in [2.05, 4.69) is 10.3 Å². The van der Waals surface area contributed by atoms with Crippen LogP contribution in [0, 0.1) is 12.8 Å². The van der Waals surface area contributed by atoms with Crippen LogP contribution in [0.2, 0.25) is 0 Å². The molecule has 1 heterocycles. The number of carbonyl (C=O) groups is 1. The summed E-state index contributed by atoms with van der Waals surface area (Å²) in [6.45, 7) is 2.24. The van der Waals surface area contributed by atoms with Crippen LogP contribution in [-0.2, 0) is 11.3 Å². The van der Waals surface area contributed by atoms with E-state index in [9.17, 15) is 4.79 Å². The summed E-state index contributed by atoms with van der Waals surface area (Å²) in [6, 6.07) is 0. The molecule has 0 aromatic carbocycles. The third-order valence-corrected chi connectivity index (χ3v) is 2.03. The van der Waals surface area contributed by atoms with Crippen molar-refractivity contribution in [2.45, 2.75) is 26.3 Å². The first-order valence-electron chi connectivity index (χ1n) is 4.45. The number of aryl methyl sites for hydroxylation is 1. The standard InChI is InChI=1S/C9H12N2O2/c1-6-4-10-8(13-6)5-11-9(12)7-2-3-7/h4,7H,2-3,5H2,1H3,(H,11,12). The predicted octanol–water partition coefficient (Wildman–Crippen LogP) is 1.01. The van der Waals surface area contributed by atoms with Gasteiger partial charge in [0.05, 0.1) is 12.7 Å². The van der Waals surface area contributed by atoms with Gasteiger partial charge < -0.3 is 9.73 Å². The molecule has 0 saturated heterocycles. The van der Waals surface area contributed by atoms with Gasteiger partial charge in [0.15, 0.2) is 0 Å².